The van der Waals surface area contributed by atoms with Crippen LogP contribution in [-0.2, 0) is 4.79 Å². The highest BCUT2D eigenvalue weighted by Gasteiger charge is 2.38. The van der Waals surface area contributed by atoms with Gasteiger partial charge in [-0.3, -0.25) is 9.69 Å². The number of likely N-dealkylation sites (N-methyl/N-ethyl adjacent to an activating group) is 2. The van der Waals surface area contributed by atoms with Crippen LogP contribution in [0.2, 0.25) is 0 Å². The number of carbonyl (C=O) groups excluding carboxylic acids is 1. The molecule has 4 nitrogen and oxygen atoms in total. The second kappa shape index (κ2) is 7.26. The van der Waals surface area contributed by atoms with Gasteiger partial charge >= 0.3 is 0 Å². The van der Waals surface area contributed by atoms with Crippen molar-refractivity contribution in [3.05, 3.63) is 0 Å². The number of nitrogens with zero attached hydrogens (tertiary/aromatic N) is 3. The van der Waals surface area contributed by atoms with Crippen LogP contribution >= 0.6 is 0 Å². The number of carbonyl (C=O) groups is 1. The SMILES string of the molecule is CCN(CC(=O)N(C)C)C1CC(C(C)(C)C)CCC1C#N. The number of hydrogen-bond acceptors (Lipinski definition) is 3. The summed E-state index contributed by atoms with van der Waals surface area (Å²) in [6.45, 7) is 10.2. The topological polar surface area (TPSA) is 47.3 Å². The molecule has 0 saturated heterocycles. The molecule has 1 fully saturated rings. The lowest BCUT2D eigenvalue weighted by Crippen LogP contribution is -2.49. The molecule has 21 heavy (non-hydrogen) atoms. The number of amides is 1. The van der Waals surface area contributed by atoms with Crippen LogP contribution in [0.4, 0.5) is 0 Å². The summed E-state index contributed by atoms with van der Waals surface area (Å²) in [5, 5.41) is 9.47. The van der Waals surface area contributed by atoms with Crippen LogP contribution in [0.1, 0.15) is 47.0 Å². The molecular weight excluding hydrogens is 262 g/mol. The van der Waals surface area contributed by atoms with Gasteiger partial charge in [-0.1, -0.05) is 27.7 Å². The van der Waals surface area contributed by atoms with Crippen LogP contribution < -0.4 is 0 Å². The van der Waals surface area contributed by atoms with Crippen molar-refractivity contribution in [1.29, 1.82) is 5.26 Å². The van der Waals surface area contributed by atoms with Gasteiger partial charge in [0.15, 0.2) is 0 Å². The normalized spacial score (nSPS) is 26.5. The minimum absolute atomic E-state index is 0.0542. The van der Waals surface area contributed by atoms with E-state index in [9.17, 15) is 10.1 Å². The summed E-state index contributed by atoms with van der Waals surface area (Å²) in [6.07, 6.45) is 3.10. The summed E-state index contributed by atoms with van der Waals surface area (Å²) in [4.78, 5) is 15.9. The van der Waals surface area contributed by atoms with Gasteiger partial charge < -0.3 is 4.90 Å². The van der Waals surface area contributed by atoms with Gasteiger partial charge in [0.2, 0.25) is 5.91 Å². The van der Waals surface area contributed by atoms with Gasteiger partial charge in [-0.05, 0) is 37.1 Å². The van der Waals surface area contributed by atoms with Crippen molar-refractivity contribution in [2.45, 2.75) is 53.0 Å². The quantitative estimate of drug-likeness (QED) is 0.800. The van der Waals surface area contributed by atoms with Crippen molar-refractivity contribution >= 4 is 5.91 Å². The maximum absolute atomic E-state index is 12.0. The molecule has 0 radical (unpaired) electrons. The fourth-order valence-electron chi connectivity index (χ4n) is 3.27. The summed E-state index contributed by atoms with van der Waals surface area (Å²) in [6, 6.07) is 2.69. The van der Waals surface area contributed by atoms with E-state index in [1.807, 2.05) is 0 Å². The van der Waals surface area contributed by atoms with E-state index in [4.69, 9.17) is 0 Å². The third-order valence-electron chi connectivity index (χ3n) is 4.92. The number of hydrogen-bond donors (Lipinski definition) is 0. The van der Waals surface area contributed by atoms with Crippen molar-refractivity contribution in [3.8, 4) is 6.07 Å². The fourth-order valence-corrected chi connectivity index (χ4v) is 3.27. The van der Waals surface area contributed by atoms with E-state index in [0.29, 0.717) is 12.5 Å². The van der Waals surface area contributed by atoms with Crippen LogP contribution in [0.5, 0.6) is 0 Å². The number of rotatable bonds is 4. The van der Waals surface area contributed by atoms with Gasteiger partial charge in [0.25, 0.3) is 0 Å². The first-order valence-electron chi connectivity index (χ1n) is 8.04. The average Bonchev–Trinajstić information content (AvgIpc) is 2.42. The van der Waals surface area contributed by atoms with Crippen LogP contribution in [0.15, 0.2) is 0 Å². The zero-order chi connectivity index (χ0) is 16.2. The Hall–Kier alpha value is -1.08. The zero-order valence-electron chi connectivity index (χ0n) is 14.5. The Labute approximate surface area is 130 Å². The largest absolute Gasteiger partial charge is 0.348 e. The maximum Gasteiger partial charge on any atom is 0.236 e. The summed E-state index contributed by atoms with van der Waals surface area (Å²) in [5.74, 6) is 0.792. The molecule has 1 aliphatic rings. The molecule has 0 heterocycles. The number of nitriles is 1. The molecule has 0 aromatic carbocycles. The Bertz CT molecular complexity index is 392. The lowest BCUT2D eigenvalue weighted by Gasteiger charge is -2.44. The molecule has 1 saturated carbocycles. The predicted octanol–water partition coefficient (Wildman–Crippen LogP) is 2.75. The molecule has 0 aromatic heterocycles. The molecule has 0 spiro atoms. The Kier molecular flexibility index (Phi) is 6.22. The van der Waals surface area contributed by atoms with Crippen molar-refractivity contribution in [1.82, 2.24) is 9.80 Å². The molecule has 0 aliphatic heterocycles. The lowest BCUT2D eigenvalue weighted by molar-refractivity contribution is -0.131. The van der Waals surface area contributed by atoms with Crippen molar-refractivity contribution in [2.24, 2.45) is 17.3 Å². The molecule has 0 bridgehead atoms. The minimum atomic E-state index is 0.0542. The summed E-state index contributed by atoms with van der Waals surface area (Å²) >= 11 is 0. The van der Waals surface area contributed by atoms with Crippen LogP contribution in [0.25, 0.3) is 0 Å². The van der Waals surface area contributed by atoms with E-state index in [-0.39, 0.29) is 23.3 Å². The van der Waals surface area contributed by atoms with Gasteiger partial charge in [0.05, 0.1) is 18.5 Å². The summed E-state index contributed by atoms with van der Waals surface area (Å²) in [7, 11) is 3.58. The first-order chi connectivity index (χ1) is 9.70. The zero-order valence-corrected chi connectivity index (χ0v) is 14.5. The van der Waals surface area contributed by atoms with Crippen molar-refractivity contribution in [2.75, 3.05) is 27.2 Å². The Balaban J connectivity index is 2.86. The molecule has 4 heteroatoms. The molecule has 1 aliphatic carbocycles. The van der Waals surface area contributed by atoms with E-state index in [1.54, 1.807) is 19.0 Å². The van der Waals surface area contributed by atoms with Gasteiger partial charge in [-0.15, -0.1) is 0 Å². The van der Waals surface area contributed by atoms with Crippen LogP contribution in [-0.4, -0.2) is 48.9 Å². The molecule has 3 atom stereocenters. The third kappa shape index (κ3) is 4.71. The standard InChI is InChI=1S/C17H31N3O/c1-7-20(12-16(21)19(5)6)15-10-14(17(2,3)4)9-8-13(15)11-18/h13-15H,7-10,12H2,1-6H3. The molecule has 120 valence electrons. The molecule has 0 aromatic rings. The third-order valence-corrected chi connectivity index (χ3v) is 4.92. The van der Waals surface area contributed by atoms with E-state index >= 15 is 0 Å². The maximum atomic E-state index is 12.0. The van der Waals surface area contributed by atoms with Crippen LogP contribution in [0, 0.1) is 28.6 Å². The average molecular weight is 293 g/mol. The highest BCUT2D eigenvalue weighted by molar-refractivity contribution is 5.77. The Morgan fingerprint density at radius 3 is 2.33 bits per heavy atom. The van der Waals surface area contributed by atoms with E-state index in [1.165, 1.54) is 0 Å². The molecular formula is C17H31N3O. The minimum Gasteiger partial charge on any atom is -0.348 e. The van der Waals surface area contributed by atoms with Crippen LogP contribution in [0.3, 0.4) is 0 Å². The Morgan fingerprint density at radius 2 is 1.90 bits per heavy atom. The highest BCUT2D eigenvalue weighted by Crippen LogP contribution is 2.41. The van der Waals surface area contributed by atoms with Crippen molar-refractivity contribution in [3.63, 3.8) is 0 Å². The molecule has 3 unspecified atom stereocenters. The molecule has 1 rings (SSSR count). The molecule has 1 amide bonds. The second-order valence-electron chi connectivity index (χ2n) is 7.53. The fraction of sp³-hybridized carbons (Fsp3) is 0.882. The van der Waals surface area contributed by atoms with Gasteiger partial charge in [0.1, 0.15) is 0 Å². The van der Waals surface area contributed by atoms with Crippen molar-refractivity contribution < 1.29 is 4.79 Å². The van der Waals surface area contributed by atoms with E-state index in [0.717, 1.165) is 25.8 Å². The predicted molar refractivity (Wildman–Crippen MR) is 85.6 cm³/mol. The van der Waals surface area contributed by atoms with Gasteiger partial charge in [-0.25, -0.2) is 0 Å². The summed E-state index contributed by atoms with van der Waals surface area (Å²) in [5.41, 5.74) is 0.268. The van der Waals surface area contributed by atoms with Gasteiger partial charge in [0, 0.05) is 20.1 Å². The molecule has 0 N–H and O–H groups in total. The Morgan fingerprint density at radius 1 is 1.29 bits per heavy atom. The van der Waals surface area contributed by atoms with E-state index < -0.39 is 0 Å². The lowest BCUT2D eigenvalue weighted by atomic mass is 9.68. The van der Waals surface area contributed by atoms with Gasteiger partial charge in [-0.2, -0.15) is 5.26 Å². The monoisotopic (exact) mass is 293 g/mol. The smallest absolute Gasteiger partial charge is 0.236 e. The highest BCUT2D eigenvalue weighted by atomic mass is 16.2. The summed E-state index contributed by atoms with van der Waals surface area (Å²) < 4.78 is 0. The second-order valence-corrected chi connectivity index (χ2v) is 7.53. The first-order valence-corrected chi connectivity index (χ1v) is 8.04. The van der Waals surface area contributed by atoms with E-state index in [2.05, 4.69) is 38.7 Å². The first kappa shape index (κ1) is 18.0.